The second-order valence-corrected chi connectivity index (χ2v) is 8.30. The fourth-order valence-corrected chi connectivity index (χ4v) is 4.15. The lowest BCUT2D eigenvalue weighted by Crippen LogP contribution is -2.19. The molecule has 5 aromatic rings. The van der Waals surface area contributed by atoms with Crippen molar-refractivity contribution in [3.8, 4) is 11.3 Å². The number of imidazole rings is 1. The SMILES string of the molecule is CC(C)c1nc(-c2ccc(NC(=O)Nc3cccc(F)c3)c3ccccc23)c2c(N)nccn12. The van der Waals surface area contributed by atoms with Gasteiger partial charge in [-0.25, -0.2) is 19.2 Å². The average molecular weight is 455 g/mol. The van der Waals surface area contributed by atoms with Crippen molar-refractivity contribution in [1.29, 1.82) is 0 Å². The summed E-state index contributed by atoms with van der Waals surface area (Å²) in [4.78, 5) is 21.8. The lowest BCUT2D eigenvalue weighted by atomic mass is 10.00. The van der Waals surface area contributed by atoms with Crippen molar-refractivity contribution in [3.63, 3.8) is 0 Å². The van der Waals surface area contributed by atoms with Crippen LogP contribution >= 0.6 is 0 Å². The minimum Gasteiger partial charge on any atom is -0.382 e. The molecule has 8 heteroatoms. The summed E-state index contributed by atoms with van der Waals surface area (Å²) in [6.45, 7) is 4.16. The van der Waals surface area contributed by atoms with Gasteiger partial charge in [0.1, 0.15) is 28.7 Å². The van der Waals surface area contributed by atoms with E-state index < -0.39 is 11.8 Å². The Bertz CT molecular complexity index is 1540. The van der Waals surface area contributed by atoms with Gasteiger partial charge in [0.2, 0.25) is 0 Å². The second kappa shape index (κ2) is 8.47. The summed E-state index contributed by atoms with van der Waals surface area (Å²) < 4.78 is 15.4. The molecule has 0 atom stereocenters. The van der Waals surface area contributed by atoms with Gasteiger partial charge in [-0.1, -0.05) is 50.2 Å². The first kappa shape index (κ1) is 21.4. The van der Waals surface area contributed by atoms with Crippen molar-refractivity contribution in [2.24, 2.45) is 0 Å². The van der Waals surface area contributed by atoms with E-state index in [4.69, 9.17) is 10.7 Å². The predicted octanol–water partition coefficient (Wildman–Crippen LogP) is 6.04. The highest BCUT2D eigenvalue weighted by Gasteiger charge is 2.20. The zero-order chi connectivity index (χ0) is 23.8. The topological polar surface area (TPSA) is 97.3 Å². The summed E-state index contributed by atoms with van der Waals surface area (Å²) in [6, 6.07) is 16.8. The highest BCUT2D eigenvalue weighted by Crippen LogP contribution is 2.37. The molecule has 0 radical (unpaired) electrons. The first-order chi connectivity index (χ1) is 16.4. The van der Waals surface area contributed by atoms with Crippen molar-refractivity contribution in [3.05, 3.63) is 84.7 Å². The molecular weight excluding hydrogens is 431 g/mol. The van der Waals surface area contributed by atoms with E-state index in [0.717, 1.165) is 33.4 Å². The fourth-order valence-electron chi connectivity index (χ4n) is 4.15. The van der Waals surface area contributed by atoms with Gasteiger partial charge in [0.05, 0.1) is 5.69 Å². The highest BCUT2D eigenvalue weighted by molar-refractivity contribution is 6.10. The van der Waals surface area contributed by atoms with Crippen LogP contribution < -0.4 is 16.4 Å². The summed E-state index contributed by atoms with van der Waals surface area (Å²) >= 11 is 0. The first-order valence-corrected chi connectivity index (χ1v) is 10.9. The molecule has 34 heavy (non-hydrogen) atoms. The minimum atomic E-state index is -0.466. The van der Waals surface area contributed by atoms with Gasteiger partial charge in [-0.2, -0.15) is 0 Å². The number of carbonyl (C=O) groups excluding carboxylic acids is 1. The standard InChI is InChI=1S/C26H23FN6O/c1-15(2)25-32-22(23-24(28)29-12-13-33(23)25)20-10-11-21(19-9-4-3-8-18(19)20)31-26(34)30-17-7-5-6-16(27)14-17/h3-15H,1-2H3,(H2,28,29)(H2,30,31,34). The molecule has 2 heterocycles. The summed E-state index contributed by atoms with van der Waals surface area (Å²) in [5.41, 5.74) is 9.63. The van der Waals surface area contributed by atoms with E-state index in [2.05, 4.69) is 29.5 Å². The van der Waals surface area contributed by atoms with Gasteiger partial charge in [0, 0.05) is 34.9 Å². The van der Waals surface area contributed by atoms with Gasteiger partial charge in [-0.05, 0) is 29.7 Å². The molecule has 0 aliphatic carbocycles. The number of nitrogens with two attached hydrogens (primary N) is 1. The van der Waals surface area contributed by atoms with Crippen LogP contribution in [0.1, 0.15) is 25.6 Å². The number of fused-ring (bicyclic) bond motifs is 2. The number of rotatable bonds is 4. The number of urea groups is 1. The molecule has 4 N–H and O–H groups in total. The molecule has 170 valence electrons. The van der Waals surface area contributed by atoms with Gasteiger partial charge in [0.15, 0.2) is 0 Å². The molecule has 0 aliphatic heterocycles. The summed E-state index contributed by atoms with van der Waals surface area (Å²) in [7, 11) is 0. The number of benzene rings is 3. The highest BCUT2D eigenvalue weighted by atomic mass is 19.1. The number of nitrogens with zero attached hydrogens (tertiary/aromatic N) is 3. The molecule has 0 bridgehead atoms. The number of halogens is 1. The van der Waals surface area contributed by atoms with Crippen LogP contribution in [0.5, 0.6) is 0 Å². The van der Waals surface area contributed by atoms with Crippen LogP contribution in [0.2, 0.25) is 0 Å². The number of amides is 2. The maximum Gasteiger partial charge on any atom is 0.323 e. The van der Waals surface area contributed by atoms with Crippen LogP contribution in [0.25, 0.3) is 27.5 Å². The van der Waals surface area contributed by atoms with Crippen LogP contribution in [0.4, 0.5) is 26.4 Å². The third kappa shape index (κ3) is 3.79. The lowest BCUT2D eigenvalue weighted by molar-refractivity contribution is 0.262. The molecule has 5 rings (SSSR count). The normalized spacial score (nSPS) is 11.3. The Kier molecular flexibility index (Phi) is 5.33. The van der Waals surface area contributed by atoms with Crippen molar-refractivity contribution in [1.82, 2.24) is 14.4 Å². The van der Waals surface area contributed by atoms with Crippen molar-refractivity contribution >= 4 is 39.5 Å². The molecule has 0 unspecified atom stereocenters. The predicted molar refractivity (Wildman–Crippen MR) is 133 cm³/mol. The minimum absolute atomic E-state index is 0.182. The van der Waals surface area contributed by atoms with E-state index in [1.165, 1.54) is 18.2 Å². The van der Waals surface area contributed by atoms with Crippen molar-refractivity contribution < 1.29 is 9.18 Å². The molecule has 2 amide bonds. The third-order valence-corrected chi connectivity index (χ3v) is 5.64. The second-order valence-electron chi connectivity index (χ2n) is 8.30. The molecule has 3 aromatic carbocycles. The smallest absolute Gasteiger partial charge is 0.323 e. The maximum absolute atomic E-state index is 13.5. The van der Waals surface area contributed by atoms with Gasteiger partial charge in [-0.15, -0.1) is 0 Å². The van der Waals surface area contributed by atoms with E-state index >= 15 is 0 Å². The fraction of sp³-hybridized carbons (Fsp3) is 0.115. The monoisotopic (exact) mass is 454 g/mol. The van der Waals surface area contributed by atoms with Crippen LogP contribution in [-0.4, -0.2) is 20.4 Å². The Labute approximate surface area is 195 Å². The Morgan fingerprint density at radius 3 is 2.59 bits per heavy atom. The molecule has 0 saturated carbocycles. The molecule has 0 spiro atoms. The largest absolute Gasteiger partial charge is 0.382 e. The Morgan fingerprint density at radius 1 is 1.03 bits per heavy atom. The first-order valence-electron chi connectivity index (χ1n) is 10.9. The molecule has 0 fully saturated rings. The average Bonchev–Trinajstić information content (AvgIpc) is 3.20. The van der Waals surface area contributed by atoms with E-state index in [0.29, 0.717) is 17.2 Å². The maximum atomic E-state index is 13.5. The van der Waals surface area contributed by atoms with Crippen molar-refractivity contribution in [2.75, 3.05) is 16.4 Å². The number of aromatic nitrogens is 3. The van der Waals surface area contributed by atoms with Crippen LogP contribution in [0.15, 0.2) is 73.1 Å². The number of hydrogen-bond donors (Lipinski definition) is 3. The Hall–Kier alpha value is -4.46. The zero-order valence-electron chi connectivity index (χ0n) is 18.7. The summed E-state index contributed by atoms with van der Waals surface area (Å²) in [5.74, 6) is 1.05. The molecule has 0 aliphatic rings. The Balaban J connectivity index is 1.59. The number of nitrogens with one attached hydrogen (secondary N) is 2. The summed E-state index contributed by atoms with van der Waals surface area (Å²) in [6.07, 6.45) is 3.54. The van der Waals surface area contributed by atoms with E-state index in [-0.39, 0.29) is 5.92 Å². The Morgan fingerprint density at radius 2 is 1.82 bits per heavy atom. The van der Waals surface area contributed by atoms with Gasteiger partial charge >= 0.3 is 6.03 Å². The molecule has 2 aromatic heterocycles. The van der Waals surface area contributed by atoms with E-state index in [9.17, 15) is 9.18 Å². The molecule has 0 saturated heterocycles. The van der Waals surface area contributed by atoms with Gasteiger partial charge in [-0.3, -0.25) is 4.40 Å². The lowest BCUT2D eigenvalue weighted by Gasteiger charge is -2.13. The zero-order valence-corrected chi connectivity index (χ0v) is 18.7. The van der Waals surface area contributed by atoms with Crippen LogP contribution in [0.3, 0.4) is 0 Å². The summed E-state index contributed by atoms with van der Waals surface area (Å²) in [5, 5.41) is 7.27. The van der Waals surface area contributed by atoms with Crippen molar-refractivity contribution in [2.45, 2.75) is 19.8 Å². The van der Waals surface area contributed by atoms with E-state index in [1.54, 1.807) is 12.3 Å². The number of carbonyl (C=O) groups is 1. The number of hydrogen-bond acceptors (Lipinski definition) is 4. The van der Waals surface area contributed by atoms with Crippen LogP contribution in [0, 0.1) is 5.82 Å². The quantitative estimate of drug-likeness (QED) is 0.308. The molecular formula is C26H23FN6O. The number of anilines is 3. The van der Waals surface area contributed by atoms with Gasteiger partial charge < -0.3 is 16.4 Å². The van der Waals surface area contributed by atoms with E-state index in [1.807, 2.05) is 47.0 Å². The molecule has 7 nitrogen and oxygen atoms in total. The number of nitrogen functional groups attached to an aromatic ring is 1. The van der Waals surface area contributed by atoms with Gasteiger partial charge in [0.25, 0.3) is 0 Å². The van der Waals surface area contributed by atoms with Crippen LogP contribution in [-0.2, 0) is 0 Å². The third-order valence-electron chi connectivity index (χ3n) is 5.64.